The SMILES string of the molecule is O=C(COc1cc(Cl)c(Cl)cc1Cl)Nc1ncc[nH]1. The van der Waals surface area contributed by atoms with Gasteiger partial charge in [0.2, 0.25) is 5.95 Å². The van der Waals surface area contributed by atoms with Gasteiger partial charge in [-0.1, -0.05) is 34.8 Å². The monoisotopic (exact) mass is 319 g/mol. The number of H-pyrrole nitrogens is 1. The summed E-state index contributed by atoms with van der Waals surface area (Å²) in [5.41, 5.74) is 0. The summed E-state index contributed by atoms with van der Waals surface area (Å²) in [5, 5.41) is 3.40. The molecule has 0 saturated carbocycles. The minimum atomic E-state index is -0.378. The number of nitrogens with one attached hydrogen (secondary N) is 2. The van der Waals surface area contributed by atoms with E-state index in [1.807, 2.05) is 0 Å². The van der Waals surface area contributed by atoms with Crippen molar-refractivity contribution in [2.24, 2.45) is 0 Å². The first-order chi connectivity index (χ1) is 9.06. The number of aromatic nitrogens is 2. The molecule has 0 aliphatic rings. The summed E-state index contributed by atoms with van der Waals surface area (Å²) in [4.78, 5) is 18.1. The number of nitrogens with zero attached hydrogens (tertiary/aromatic N) is 1. The number of amides is 1. The van der Waals surface area contributed by atoms with E-state index in [4.69, 9.17) is 39.5 Å². The van der Waals surface area contributed by atoms with Crippen LogP contribution in [0.5, 0.6) is 5.75 Å². The van der Waals surface area contributed by atoms with Crippen LogP contribution in [0.1, 0.15) is 0 Å². The Balaban J connectivity index is 1.95. The molecule has 0 atom stereocenters. The third-order valence-electron chi connectivity index (χ3n) is 2.09. The van der Waals surface area contributed by atoms with Crippen LogP contribution in [0.3, 0.4) is 0 Å². The molecule has 0 unspecified atom stereocenters. The van der Waals surface area contributed by atoms with Gasteiger partial charge in [-0.05, 0) is 6.07 Å². The van der Waals surface area contributed by atoms with E-state index in [0.717, 1.165) is 0 Å². The molecule has 0 radical (unpaired) electrons. The molecule has 5 nitrogen and oxygen atoms in total. The van der Waals surface area contributed by atoms with Gasteiger partial charge in [0.15, 0.2) is 6.61 Å². The standard InChI is InChI=1S/C11H8Cl3N3O2/c12-6-3-8(14)9(4-7(6)13)19-5-10(18)17-11-15-1-2-16-11/h1-4H,5H2,(H2,15,16,17,18). The van der Waals surface area contributed by atoms with Crippen LogP contribution < -0.4 is 10.1 Å². The Kier molecular flexibility index (Phi) is 4.52. The average molecular weight is 321 g/mol. The molecule has 2 rings (SSSR count). The Labute approximate surface area is 123 Å². The molecule has 1 amide bonds. The molecule has 1 aromatic carbocycles. The molecular weight excluding hydrogens is 312 g/mol. The highest BCUT2D eigenvalue weighted by Crippen LogP contribution is 2.33. The van der Waals surface area contributed by atoms with Crippen molar-refractivity contribution in [3.63, 3.8) is 0 Å². The van der Waals surface area contributed by atoms with Crippen molar-refractivity contribution in [2.45, 2.75) is 0 Å². The number of carbonyl (C=O) groups is 1. The fourth-order valence-electron chi connectivity index (χ4n) is 1.26. The molecule has 0 aliphatic carbocycles. The van der Waals surface area contributed by atoms with Gasteiger partial charge < -0.3 is 9.72 Å². The number of ether oxygens (including phenoxy) is 1. The van der Waals surface area contributed by atoms with Crippen LogP contribution in [0.15, 0.2) is 24.5 Å². The van der Waals surface area contributed by atoms with Crippen molar-refractivity contribution in [1.82, 2.24) is 9.97 Å². The van der Waals surface area contributed by atoms with Gasteiger partial charge in [0.05, 0.1) is 15.1 Å². The average Bonchev–Trinajstić information content (AvgIpc) is 2.85. The van der Waals surface area contributed by atoms with E-state index in [1.165, 1.54) is 18.3 Å². The minimum absolute atomic E-state index is 0.224. The van der Waals surface area contributed by atoms with Gasteiger partial charge >= 0.3 is 0 Å². The quantitative estimate of drug-likeness (QED) is 0.849. The Bertz CT molecular complexity index is 587. The van der Waals surface area contributed by atoms with Crippen molar-refractivity contribution >= 4 is 46.7 Å². The summed E-state index contributed by atoms with van der Waals surface area (Å²) in [6.45, 7) is -0.224. The number of hydrogen-bond acceptors (Lipinski definition) is 3. The van der Waals surface area contributed by atoms with Crippen molar-refractivity contribution in [3.05, 3.63) is 39.6 Å². The van der Waals surface area contributed by atoms with E-state index in [0.29, 0.717) is 16.0 Å². The Hall–Kier alpha value is -1.43. The van der Waals surface area contributed by atoms with Crippen LogP contribution in [-0.2, 0) is 4.79 Å². The summed E-state index contributed by atoms with van der Waals surface area (Å²) in [6.07, 6.45) is 3.11. The van der Waals surface area contributed by atoms with Gasteiger partial charge in [0.1, 0.15) is 5.75 Å². The lowest BCUT2D eigenvalue weighted by Gasteiger charge is -2.08. The molecule has 1 aromatic heterocycles. The van der Waals surface area contributed by atoms with Crippen LogP contribution >= 0.6 is 34.8 Å². The van der Waals surface area contributed by atoms with Crippen LogP contribution in [-0.4, -0.2) is 22.5 Å². The molecule has 8 heteroatoms. The largest absolute Gasteiger partial charge is 0.482 e. The van der Waals surface area contributed by atoms with E-state index >= 15 is 0 Å². The third-order valence-corrected chi connectivity index (χ3v) is 3.11. The molecule has 0 fully saturated rings. The maximum absolute atomic E-state index is 11.5. The van der Waals surface area contributed by atoms with Crippen LogP contribution in [0.2, 0.25) is 15.1 Å². The Morgan fingerprint density at radius 3 is 2.68 bits per heavy atom. The second-order valence-electron chi connectivity index (χ2n) is 3.47. The lowest BCUT2D eigenvalue weighted by atomic mass is 10.3. The van der Waals surface area contributed by atoms with Gasteiger partial charge in [-0.3, -0.25) is 10.1 Å². The molecule has 1 heterocycles. The van der Waals surface area contributed by atoms with E-state index < -0.39 is 0 Å². The normalized spacial score (nSPS) is 10.3. The Morgan fingerprint density at radius 2 is 2.00 bits per heavy atom. The summed E-state index contributed by atoms with van der Waals surface area (Å²) < 4.78 is 5.25. The predicted octanol–water partition coefficient (Wildman–Crippen LogP) is 3.39. The zero-order valence-corrected chi connectivity index (χ0v) is 11.7. The molecule has 19 heavy (non-hydrogen) atoms. The zero-order chi connectivity index (χ0) is 13.8. The summed E-state index contributed by atoms with van der Waals surface area (Å²) >= 11 is 17.5. The highest BCUT2D eigenvalue weighted by molar-refractivity contribution is 6.43. The minimum Gasteiger partial charge on any atom is -0.482 e. The molecule has 0 saturated heterocycles. The second kappa shape index (κ2) is 6.14. The topological polar surface area (TPSA) is 67.0 Å². The number of halogens is 3. The van der Waals surface area contributed by atoms with E-state index in [-0.39, 0.29) is 23.3 Å². The number of aromatic amines is 1. The van der Waals surface area contributed by atoms with Gasteiger partial charge in [-0.25, -0.2) is 4.98 Å². The number of rotatable bonds is 4. The van der Waals surface area contributed by atoms with Gasteiger partial charge in [-0.15, -0.1) is 0 Å². The maximum atomic E-state index is 11.5. The van der Waals surface area contributed by atoms with Crippen LogP contribution in [0.25, 0.3) is 0 Å². The summed E-state index contributed by atoms with van der Waals surface area (Å²) in [6, 6.07) is 2.90. The number of hydrogen-bond donors (Lipinski definition) is 2. The van der Waals surface area contributed by atoms with Gasteiger partial charge in [-0.2, -0.15) is 0 Å². The first-order valence-electron chi connectivity index (χ1n) is 5.13. The highest BCUT2D eigenvalue weighted by Gasteiger charge is 2.10. The van der Waals surface area contributed by atoms with Crippen molar-refractivity contribution in [1.29, 1.82) is 0 Å². The van der Waals surface area contributed by atoms with Crippen molar-refractivity contribution in [3.8, 4) is 5.75 Å². The molecule has 100 valence electrons. The third kappa shape index (κ3) is 3.76. The van der Waals surface area contributed by atoms with E-state index in [9.17, 15) is 4.79 Å². The fraction of sp³-hybridized carbons (Fsp3) is 0.0909. The van der Waals surface area contributed by atoms with E-state index in [2.05, 4.69) is 15.3 Å². The Morgan fingerprint density at radius 1 is 1.26 bits per heavy atom. The van der Waals surface area contributed by atoms with Crippen LogP contribution in [0, 0.1) is 0 Å². The lowest BCUT2D eigenvalue weighted by molar-refractivity contribution is -0.118. The highest BCUT2D eigenvalue weighted by atomic mass is 35.5. The van der Waals surface area contributed by atoms with Gasteiger partial charge in [0, 0.05) is 18.5 Å². The zero-order valence-electron chi connectivity index (χ0n) is 9.41. The van der Waals surface area contributed by atoms with Gasteiger partial charge in [0.25, 0.3) is 5.91 Å². The fourth-order valence-corrected chi connectivity index (χ4v) is 1.85. The number of imidazole rings is 1. The number of benzene rings is 1. The molecule has 0 spiro atoms. The summed E-state index contributed by atoms with van der Waals surface area (Å²) in [7, 11) is 0. The molecular formula is C11H8Cl3N3O2. The van der Waals surface area contributed by atoms with Crippen LogP contribution in [0.4, 0.5) is 5.95 Å². The van der Waals surface area contributed by atoms with Crippen molar-refractivity contribution in [2.75, 3.05) is 11.9 Å². The van der Waals surface area contributed by atoms with Crippen molar-refractivity contribution < 1.29 is 9.53 Å². The first-order valence-corrected chi connectivity index (χ1v) is 6.26. The molecule has 0 aliphatic heterocycles. The molecule has 2 aromatic rings. The molecule has 0 bridgehead atoms. The first kappa shape index (κ1) is 14.0. The van der Waals surface area contributed by atoms with E-state index in [1.54, 1.807) is 6.20 Å². The predicted molar refractivity (Wildman–Crippen MR) is 74.2 cm³/mol. The number of carbonyl (C=O) groups excluding carboxylic acids is 1. The lowest BCUT2D eigenvalue weighted by Crippen LogP contribution is -2.20. The maximum Gasteiger partial charge on any atom is 0.264 e. The smallest absolute Gasteiger partial charge is 0.264 e. The molecule has 2 N–H and O–H groups in total. The second-order valence-corrected chi connectivity index (χ2v) is 4.69. The summed E-state index contributed by atoms with van der Waals surface area (Å²) in [5.74, 6) is 0.247. The number of anilines is 1.